The Morgan fingerprint density at radius 3 is 2.31 bits per heavy atom. The molecular formula is C8H20N2O3. The number of nitrogens with two attached hydrogens (primary N) is 1. The van der Waals surface area contributed by atoms with Crippen molar-refractivity contribution in [2.24, 2.45) is 5.73 Å². The van der Waals surface area contributed by atoms with Gasteiger partial charge in [0.25, 0.3) is 0 Å². The third-order valence-electron chi connectivity index (χ3n) is 1.35. The Morgan fingerprint density at radius 1 is 1.00 bits per heavy atom. The summed E-state index contributed by atoms with van der Waals surface area (Å²) < 4.78 is 10.2. The summed E-state index contributed by atoms with van der Waals surface area (Å²) in [5.41, 5.74) is 5.28. The average molecular weight is 192 g/mol. The molecule has 0 aliphatic rings. The molecule has 0 bridgehead atoms. The Hall–Kier alpha value is -0.200. The van der Waals surface area contributed by atoms with Gasteiger partial charge in [0.05, 0.1) is 33.0 Å². The summed E-state index contributed by atoms with van der Waals surface area (Å²) in [5.74, 6) is 0. The minimum absolute atomic E-state index is 0.0675. The molecule has 0 radical (unpaired) electrons. The van der Waals surface area contributed by atoms with Crippen LogP contribution in [0.3, 0.4) is 0 Å². The number of nitrogens with one attached hydrogen (secondary N) is 1. The molecule has 5 nitrogen and oxygen atoms in total. The number of ether oxygens (including phenoxy) is 2. The van der Waals surface area contributed by atoms with Crippen LogP contribution in [0.15, 0.2) is 0 Å². The van der Waals surface area contributed by atoms with Crippen LogP contribution in [0, 0.1) is 0 Å². The van der Waals surface area contributed by atoms with Crippen molar-refractivity contribution in [1.29, 1.82) is 0 Å². The Bertz CT molecular complexity index is 83.5. The van der Waals surface area contributed by atoms with E-state index in [1.165, 1.54) is 0 Å². The van der Waals surface area contributed by atoms with E-state index in [0.717, 1.165) is 13.1 Å². The van der Waals surface area contributed by atoms with Gasteiger partial charge >= 0.3 is 0 Å². The lowest BCUT2D eigenvalue weighted by Crippen LogP contribution is -2.26. The zero-order valence-electron chi connectivity index (χ0n) is 8.00. The minimum atomic E-state index is 0.0675. The van der Waals surface area contributed by atoms with Crippen LogP contribution in [0.25, 0.3) is 0 Å². The maximum absolute atomic E-state index is 8.38. The normalized spacial score (nSPS) is 10.6. The van der Waals surface area contributed by atoms with Crippen LogP contribution in [-0.4, -0.2) is 57.8 Å². The highest BCUT2D eigenvalue weighted by Crippen LogP contribution is 1.77. The summed E-state index contributed by atoms with van der Waals surface area (Å²) in [5, 5.41) is 11.5. The monoisotopic (exact) mass is 192 g/mol. The summed E-state index contributed by atoms with van der Waals surface area (Å²) in [6.45, 7) is 4.53. The predicted molar refractivity (Wildman–Crippen MR) is 50.6 cm³/mol. The summed E-state index contributed by atoms with van der Waals surface area (Å²) in [4.78, 5) is 0. The van der Waals surface area contributed by atoms with Gasteiger partial charge in [-0.3, -0.25) is 0 Å². The number of hydrogen-bond donors (Lipinski definition) is 3. The lowest BCUT2D eigenvalue weighted by Gasteiger charge is -2.05. The summed E-state index contributed by atoms with van der Waals surface area (Å²) >= 11 is 0. The predicted octanol–water partition coefficient (Wildman–Crippen LogP) is -1.44. The molecule has 0 heterocycles. The molecule has 0 fully saturated rings. The first-order valence-corrected chi connectivity index (χ1v) is 4.59. The lowest BCUT2D eigenvalue weighted by molar-refractivity contribution is 0.0341. The van der Waals surface area contributed by atoms with E-state index < -0.39 is 0 Å². The van der Waals surface area contributed by atoms with Crippen molar-refractivity contribution in [1.82, 2.24) is 5.32 Å². The SMILES string of the molecule is NCCNCCOCCOCCO. The minimum Gasteiger partial charge on any atom is -0.394 e. The van der Waals surface area contributed by atoms with Crippen molar-refractivity contribution in [3.63, 3.8) is 0 Å². The maximum atomic E-state index is 8.38. The number of hydrogen-bond acceptors (Lipinski definition) is 5. The van der Waals surface area contributed by atoms with Gasteiger partial charge in [0.2, 0.25) is 0 Å². The molecule has 0 aromatic carbocycles. The van der Waals surface area contributed by atoms with E-state index in [2.05, 4.69) is 5.32 Å². The number of rotatable bonds is 10. The summed E-state index contributed by atoms with van der Waals surface area (Å²) in [6.07, 6.45) is 0. The van der Waals surface area contributed by atoms with E-state index in [1.54, 1.807) is 0 Å². The maximum Gasteiger partial charge on any atom is 0.0701 e. The van der Waals surface area contributed by atoms with E-state index in [1.807, 2.05) is 0 Å². The molecule has 13 heavy (non-hydrogen) atoms. The molecule has 0 aliphatic carbocycles. The van der Waals surface area contributed by atoms with Gasteiger partial charge < -0.3 is 25.6 Å². The van der Waals surface area contributed by atoms with Gasteiger partial charge in [0.15, 0.2) is 0 Å². The highest BCUT2D eigenvalue weighted by molar-refractivity contribution is 4.45. The number of aliphatic hydroxyl groups excluding tert-OH is 1. The quantitative estimate of drug-likeness (QED) is 0.370. The van der Waals surface area contributed by atoms with Crippen molar-refractivity contribution in [3.8, 4) is 0 Å². The zero-order valence-corrected chi connectivity index (χ0v) is 8.00. The zero-order chi connectivity index (χ0) is 9.78. The van der Waals surface area contributed by atoms with E-state index in [4.69, 9.17) is 20.3 Å². The van der Waals surface area contributed by atoms with Gasteiger partial charge in [-0.2, -0.15) is 0 Å². The third-order valence-corrected chi connectivity index (χ3v) is 1.35. The molecule has 0 amide bonds. The van der Waals surface area contributed by atoms with E-state index in [9.17, 15) is 0 Å². The Morgan fingerprint density at radius 2 is 1.69 bits per heavy atom. The van der Waals surface area contributed by atoms with E-state index in [0.29, 0.717) is 33.0 Å². The topological polar surface area (TPSA) is 76.7 Å². The Balaban J connectivity index is 2.76. The molecule has 0 unspecified atom stereocenters. The fourth-order valence-corrected chi connectivity index (χ4v) is 0.758. The van der Waals surface area contributed by atoms with Crippen LogP contribution in [0.1, 0.15) is 0 Å². The van der Waals surface area contributed by atoms with E-state index in [-0.39, 0.29) is 6.61 Å². The van der Waals surface area contributed by atoms with Crippen molar-refractivity contribution in [2.45, 2.75) is 0 Å². The lowest BCUT2D eigenvalue weighted by atomic mass is 10.6. The number of aliphatic hydroxyl groups is 1. The van der Waals surface area contributed by atoms with Crippen LogP contribution >= 0.6 is 0 Å². The second-order valence-corrected chi connectivity index (χ2v) is 2.49. The molecule has 0 saturated heterocycles. The second kappa shape index (κ2) is 11.8. The first-order valence-electron chi connectivity index (χ1n) is 4.59. The molecule has 0 aromatic rings. The van der Waals surface area contributed by atoms with Gasteiger partial charge in [0.1, 0.15) is 0 Å². The molecule has 0 spiro atoms. The fraction of sp³-hybridized carbons (Fsp3) is 1.00. The van der Waals surface area contributed by atoms with Crippen LogP contribution in [0.5, 0.6) is 0 Å². The van der Waals surface area contributed by atoms with Gasteiger partial charge in [-0.05, 0) is 0 Å². The molecule has 0 aliphatic heterocycles. The van der Waals surface area contributed by atoms with Crippen LogP contribution < -0.4 is 11.1 Å². The van der Waals surface area contributed by atoms with Crippen LogP contribution in [0.2, 0.25) is 0 Å². The molecule has 80 valence electrons. The Labute approximate surface area is 79.2 Å². The molecule has 0 aromatic heterocycles. The fourth-order valence-electron chi connectivity index (χ4n) is 0.758. The van der Waals surface area contributed by atoms with E-state index >= 15 is 0 Å². The molecule has 5 heteroatoms. The van der Waals surface area contributed by atoms with Crippen molar-refractivity contribution >= 4 is 0 Å². The van der Waals surface area contributed by atoms with Gasteiger partial charge in [0, 0.05) is 19.6 Å². The largest absolute Gasteiger partial charge is 0.394 e. The van der Waals surface area contributed by atoms with Crippen LogP contribution in [-0.2, 0) is 9.47 Å². The smallest absolute Gasteiger partial charge is 0.0701 e. The first kappa shape index (κ1) is 12.8. The van der Waals surface area contributed by atoms with Crippen molar-refractivity contribution < 1.29 is 14.6 Å². The van der Waals surface area contributed by atoms with Gasteiger partial charge in [-0.25, -0.2) is 0 Å². The van der Waals surface area contributed by atoms with Crippen molar-refractivity contribution in [3.05, 3.63) is 0 Å². The highest BCUT2D eigenvalue weighted by atomic mass is 16.5. The summed E-state index contributed by atoms with van der Waals surface area (Å²) in [6, 6.07) is 0. The first-order chi connectivity index (χ1) is 6.41. The average Bonchev–Trinajstić information content (AvgIpc) is 2.16. The third kappa shape index (κ3) is 11.8. The van der Waals surface area contributed by atoms with Crippen molar-refractivity contribution in [2.75, 3.05) is 52.7 Å². The summed E-state index contributed by atoms with van der Waals surface area (Å²) in [7, 11) is 0. The molecule has 0 rings (SSSR count). The van der Waals surface area contributed by atoms with Gasteiger partial charge in [-0.15, -0.1) is 0 Å². The highest BCUT2D eigenvalue weighted by Gasteiger charge is 1.89. The molecule has 0 saturated carbocycles. The molecule has 4 N–H and O–H groups in total. The molecule has 0 atom stereocenters. The second-order valence-electron chi connectivity index (χ2n) is 2.49. The Kier molecular flexibility index (Phi) is 11.6. The standard InChI is InChI=1S/C8H20N2O3/c9-1-2-10-3-5-12-7-8-13-6-4-11/h10-11H,1-9H2. The molecular weight excluding hydrogens is 172 g/mol. The van der Waals surface area contributed by atoms with Crippen LogP contribution in [0.4, 0.5) is 0 Å². The van der Waals surface area contributed by atoms with Gasteiger partial charge in [-0.1, -0.05) is 0 Å².